The van der Waals surface area contributed by atoms with E-state index in [1.807, 2.05) is 18.2 Å². The minimum Gasteiger partial charge on any atom is -0.368 e. The number of hydrogen-bond acceptors (Lipinski definition) is 3. The van der Waals surface area contributed by atoms with Gasteiger partial charge in [-0.25, -0.2) is 4.79 Å². The molecule has 5 nitrogen and oxygen atoms in total. The average molecular weight is 296 g/mol. The van der Waals surface area contributed by atoms with Gasteiger partial charge in [0.1, 0.15) is 0 Å². The molecule has 0 atom stereocenters. The number of benzene rings is 1. The van der Waals surface area contributed by atoms with Crippen molar-refractivity contribution in [3.05, 3.63) is 30.3 Å². The van der Waals surface area contributed by atoms with Crippen molar-refractivity contribution in [2.24, 2.45) is 0 Å². The number of imide groups is 1. The zero-order valence-corrected chi connectivity index (χ0v) is 12.0. The van der Waals surface area contributed by atoms with Gasteiger partial charge in [0.05, 0.1) is 0 Å². The Morgan fingerprint density at radius 3 is 2.35 bits per heavy atom. The van der Waals surface area contributed by atoms with E-state index in [1.54, 1.807) is 4.90 Å². The van der Waals surface area contributed by atoms with E-state index in [-0.39, 0.29) is 24.2 Å². The van der Waals surface area contributed by atoms with Crippen LogP contribution in [-0.2, 0) is 4.79 Å². The molecule has 6 heteroatoms. The topological polar surface area (TPSA) is 52.7 Å². The fraction of sp³-hybridized carbons (Fsp3) is 0.429. The molecule has 0 saturated carbocycles. The highest BCUT2D eigenvalue weighted by atomic mass is 35.5. The molecule has 0 radical (unpaired) electrons. The van der Waals surface area contributed by atoms with Crippen molar-refractivity contribution in [3.63, 3.8) is 0 Å². The number of para-hydroxylation sites is 1. The molecular weight excluding hydrogens is 278 g/mol. The Hall–Kier alpha value is -1.75. The maximum atomic E-state index is 11.9. The predicted octanol–water partition coefficient (Wildman–Crippen LogP) is 1.67. The number of piperazine rings is 1. The number of hydrogen-bond donors (Lipinski definition) is 1. The Kier molecular flexibility index (Phi) is 5.24. The summed E-state index contributed by atoms with van der Waals surface area (Å²) in [6.07, 6.45) is 0.164. The average Bonchev–Trinajstić information content (AvgIpc) is 2.48. The molecule has 1 aliphatic heterocycles. The maximum absolute atomic E-state index is 11.9. The zero-order valence-electron chi connectivity index (χ0n) is 11.2. The zero-order chi connectivity index (χ0) is 14.4. The van der Waals surface area contributed by atoms with E-state index in [9.17, 15) is 9.59 Å². The van der Waals surface area contributed by atoms with Crippen molar-refractivity contribution in [1.82, 2.24) is 10.2 Å². The van der Waals surface area contributed by atoms with E-state index >= 15 is 0 Å². The normalized spacial score (nSPS) is 15.1. The lowest BCUT2D eigenvalue weighted by Crippen LogP contribution is -2.52. The number of alkyl halides is 1. The van der Waals surface area contributed by atoms with E-state index < -0.39 is 0 Å². The number of carbonyl (C=O) groups is 2. The van der Waals surface area contributed by atoms with Crippen LogP contribution in [0.2, 0.25) is 0 Å². The lowest BCUT2D eigenvalue weighted by molar-refractivity contribution is -0.119. The number of nitrogens with zero attached hydrogens (tertiary/aromatic N) is 2. The molecule has 0 spiro atoms. The quantitative estimate of drug-likeness (QED) is 0.863. The third-order valence-electron chi connectivity index (χ3n) is 3.26. The Morgan fingerprint density at radius 1 is 1.10 bits per heavy atom. The number of amides is 3. The van der Waals surface area contributed by atoms with Gasteiger partial charge in [-0.1, -0.05) is 18.2 Å². The van der Waals surface area contributed by atoms with Crippen LogP contribution in [-0.4, -0.2) is 48.9 Å². The van der Waals surface area contributed by atoms with E-state index in [0.29, 0.717) is 13.1 Å². The van der Waals surface area contributed by atoms with Crippen LogP contribution in [0.25, 0.3) is 0 Å². The standard InChI is InChI=1S/C14H18ClN3O2/c15-7-6-13(19)16-14(20)18-10-8-17(9-11-18)12-4-2-1-3-5-12/h1-5H,6-11H2,(H,16,19,20). The number of urea groups is 1. The predicted molar refractivity (Wildman–Crippen MR) is 79.1 cm³/mol. The van der Waals surface area contributed by atoms with Crippen LogP contribution in [0.3, 0.4) is 0 Å². The number of anilines is 1. The van der Waals surface area contributed by atoms with Crippen LogP contribution >= 0.6 is 11.6 Å². The van der Waals surface area contributed by atoms with Crippen LogP contribution in [0.15, 0.2) is 30.3 Å². The van der Waals surface area contributed by atoms with Gasteiger partial charge in [0.15, 0.2) is 0 Å². The van der Waals surface area contributed by atoms with Crippen LogP contribution < -0.4 is 10.2 Å². The smallest absolute Gasteiger partial charge is 0.324 e. The highest BCUT2D eigenvalue weighted by molar-refractivity contribution is 6.19. The van der Waals surface area contributed by atoms with Gasteiger partial charge in [-0.15, -0.1) is 11.6 Å². The molecule has 1 heterocycles. The molecule has 1 aromatic rings. The minimum atomic E-state index is -0.326. The summed E-state index contributed by atoms with van der Waals surface area (Å²) in [5.74, 6) is -0.101. The summed E-state index contributed by atoms with van der Waals surface area (Å²) < 4.78 is 0. The number of nitrogens with one attached hydrogen (secondary N) is 1. The van der Waals surface area contributed by atoms with Crippen molar-refractivity contribution in [2.45, 2.75) is 6.42 Å². The molecule has 2 rings (SSSR count). The second-order valence-corrected chi connectivity index (χ2v) is 4.98. The van der Waals surface area contributed by atoms with Gasteiger partial charge in [0.25, 0.3) is 0 Å². The van der Waals surface area contributed by atoms with Gasteiger partial charge in [0.2, 0.25) is 5.91 Å². The van der Waals surface area contributed by atoms with Crippen molar-refractivity contribution in [3.8, 4) is 0 Å². The third kappa shape index (κ3) is 3.87. The molecule has 108 valence electrons. The molecule has 0 aromatic heterocycles. The first-order chi connectivity index (χ1) is 9.70. The molecule has 1 saturated heterocycles. The van der Waals surface area contributed by atoms with Crippen LogP contribution in [0.1, 0.15) is 6.42 Å². The molecule has 0 bridgehead atoms. The number of halogens is 1. The summed E-state index contributed by atoms with van der Waals surface area (Å²) in [5, 5.41) is 2.35. The molecule has 3 amide bonds. The summed E-state index contributed by atoms with van der Waals surface area (Å²) in [4.78, 5) is 27.1. The van der Waals surface area contributed by atoms with E-state index in [2.05, 4.69) is 22.3 Å². The van der Waals surface area contributed by atoms with Crippen LogP contribution in [0, 0.1) is 0 Å². The molecule has 20 heavy (non-hydrogen) atoms. The first-order valence-electron chi connectivity index (χ1n) is 6.65. The fourth-order valence-corrected chi connectivity index (χ4v) is 2.32. The van der Waals surface area contributed by atoms with Gasteiger partial charge in [-0.3, -0.25) is 10.1 Å². The molecule has 1 fully saturated rings. The molecule has 1 N–H and O–H groups in total. The molecule has 1 aromatic carbocycles. The first kappa shape index (κ1) is 14.7. The van der Waals surface area contributed by atoms with Gasteiger partial charge in [-0.05, 0) is 12.1 Å². The van der Waals surface area contributed by atoms with Gasteiger partial charge in [-0.2, -0.15) is 0 Å². The van der Waals surface area contributed by atoms with Gasteiger partial charge < -0.3 is 9.80 Å². The number of carbonyl (C=O) groups excluding carboxylic acids is 2. The summed E-state index contributed by atoms with van der Waals surface area (Å²) in [6.45, 7) is 2.74. The molecular formula is C14H18ClN3O2. The van der Waals surface area contributed by atoms with Gasteiger partial charge >= 0.3 is 6.03 Å². The Balaban J connectivity index is 1.82. The van der Waals surface area contributed by atoms with Crippen molar-refractivity contribution >= 4 is 29.2 Å². The first-order valence-corrected chi connectivity index (χ1v) is 7.19. The van der Waals surface area contributed by atoms with Crippen molar-refractivity contribution < 1.29 is 9.59 Å². The third-order valence-corrected chi connectivity index (χ3v) is 3.45. The highest BCUT2D eigenvalue weighted by Gasteiger charge is 2.22. The highest BCUT2D eigenvalue weighted by Crippen LogP contribution is 2.15. The second kappa shape index (κ2) is 7.14. The lowest BCUT2D eigenvalue weighted by Gasteiger charge is -2.35. The Labute approximate surface area is 123 Å². The second-order valence-electron chi connectivity index (χ2n) is 4.60. The minimum absolute atomic E-state index is 0.164. The summed E-state index contributed by atoms with van der Waals surface area (Å²) in [7, 11) is 0. The van der Waals surface area contributed by atoms with Gasteiger partial charge in [0, 0.05) is 44.2 Å². The summed E-state index contributed by atoms with van der Waals surface area (Å²) in [5.41, 5.74) is 1.16. The van der Waals surface area contributed by atoms with Crippen LogP contribution in [0.4, 0.5) is 10.5 Å². The SMILES string of the molecule is O=C(CCCl)NC(=O)N1CCN(c2ccccc2)CC1. The summed E-state index contributed by atoms with van der Waals surface area (Å²) >= 11 is 5.46. The van der Waals surface area contributed by atoms with E-state index in [0.717, 1.165) is 18.8 Å². The largest absolute Gasteiger partial charge is 0.368 e. The van der Waals surface area contributed by atoms with Crippen LogP contribution in [0.5, 0.6) is 0 Å². The van der Waals surface area contributed by atoms with Crippen molar-refractivity contribution in [1.29, 1.82) is 0 Å². The van der Waals surface area contributed by atoms with E-state index in [4.69, 9.17) is 11.6 Å². The molecule has 0 aliphatic carbocycles. The molecule has 1 aliphatic rings. The monoisotopic (exact) mass is 295 g/mol. The number of rotatable bonds is 3. The Morgan fingerprint density at radius 2 is 1.75 bits per heavy atom. The maximum Gasteiger partial charge on any atom is 0.324 e. The van der Waals surface area contributed by atoms with Crippen molar-refractivity contribution in [2.75, 3.05) is 37.0 Å². The summed E-state index contributed by atoms with van der Waals surface area (Å²) in [6, 6.07) is 9.76. The van der Waals surface area contributed by atoms with E-state index in [1.165, 1.54) is 0 Å². The lowest BCUT2D eigenvalue weighted by atomic mass is 10.2. The fourth-order valence-electron chi connectivity index (χ4n) is 2.15. The Bertz CT molecular complexity index is 459. The molecule has 0 unspecified atom stereocenters.